The lowest BCUT2D eigenvalue weighted by Crippen LogP contribution is -2.50. The summed E-state index contributed by atoms with van der Waals surface area (Å²) in [5.41, 5.74) is 1.34. The predicted octanol–water partition coefficient (Wildman–Crippen LogP) is 1.68. The molecule has 0 bridgehead atoms. The summed E-state index contributed by atoms with van der Waals surface area (Å²) in [6, 6.07) is 11.4. The molecule has 27 heavy (non-hydrogen) atoms. The molecule has 3 heterocycles. The van der Waals surface area contributed by atoms with Crippen LogP contribution in [-0.4, -0.2) is 29.1 Å². The fraction of sp³-hybridized carbons (Fsp3) is 0.167. The molecular formula is C18H13BrN4O3S. The SMILES string of the molecule is CSC1=NN2C(=c3cc(Br)ccc3=N[C@H]2c2ccc3c(c2)OCO3)C(=O)N1. The van der Waals surface area contributed by atoms with Gasteiger partial charge in [0, 0.05) is 15.3 Å². The first-order chi connectivity index (χ1) is 13.1. The van der Waals surface area contributed by atoms with Gasteiger partial charge in [-0.05, 0) is 36.6 Å². The van der Waals surface area contributed by atoms with E-state index >= 15 is 0 Å². The summed E-state index contributed by atoms with van der Waals surface area (Å²) in [4.78, 5) is 17.7. The molecule has 0 aliphatic carbocycles. The number of ether oxygens (including phenoxy) is 2. The Morgan fingerprint density at radius 1 is 1.22 bits per heavy atom. The van der Waals surface area contributed by atoms with Crippen molar-refractivity contribution in [3.63, 3.8) is 0 Å². The zero-order valence-corrected chi connectivity index (χ0v) is 16.5. The Labute approximate surface area is 166 Å². The maximum atomic E-state index is 12.9. The van der Waals surface area contributed by atoms with E-state index in [4.69, 9.17) is 14.5 Å². The third-order valence-electron chi connectivity index (χ3n) is 4.46. The quantitative estimate of drug-likeness (QED) is 0.723. The molecule has 1 atom stereocenters. The third-order valence-corrected chi connectivity index (χ3v) is 5.52. The van der Waals surface area contributed by atoms with Crippen LogP contribution in [0.25, 0.3) is 5.70 Å². The van der Waals surface area contributed by atoms with Gasteiger partial charge in [-0.1, -0.05) is 33.8 Å². The van der Waals surface area contributed by atoms with E-state index in [0.717, 1.165) is 20.6 Å². The minimum absolute atomic E-state index is 0.200. The van der Waals surface area contributed by atoms with Crippen LogP contribution in [0.1, 0.15) is 11.7 Å². The van der Waals surface area contributed by atoms with Crippen molar-refractivity contribution in [3.05, 3.63) is 57.0 Å². The highest BCUT2D eigenvalue weighted by molar-refractivity contribution is 9.10. The number of rotatable bonds is 1. The van der Waals surface area contributed by atoms with Crippen LogP contribution in [0, 0.1) is 0 Å². The highest BCUT2D eigenvalue weighted by atomic mass is 79.9. The largest absolute Gasteiger partial charge is 0.454 e. The highest BCUT2D eigenvalue weighted by Crippen LogP contribution is 2.37. The van der Waals surface area contributed by atoms with Gasteiger partial charge in [-0.25, -0.2) is 5.01 Å². The van der Waals surface area contributed by atoms with E-state index in [9.17, 15) is 4.79 Å². The normalized spacial score (nSPS) is 19.7. The molecule has 0 radical (unpaired) electrons. The van der Waals surface area contributed by atoms with Crippen molar-refractivity contribution in [2.24, 2.45) is 10.1 Å². The van der Waals surface area contributed by atoms with Crippen molar-refractivity contribution < 1.29 is 14.3 Å². The number of hydrogen-bond acceptors (Lipinski definition) is 7. The molecule has 136 valence electrons. The third kappa shape index (κ3) is 2.69. The molecule has 3 aliphatic rings. The van der Waals surface area contributed by atoms with Gasteiger partial charge in [-0.2, -0.15) is 0 Å². The standard InChI is InChI=1S/C18H13BrN4O3S/c1-27-18-21-17(24)15-11-7-10(19)3-4-12(11)20-16(23(15)22-18)9-2-5-13-14(6-9)26-8-25-13/h2-7,16H,8H2,1H3,(H,21,22,24)/t16-/m1/s1. The molecule has 0 unspecified atom stereocenters. The number of fused-ring (bicyclic) bond motifs is 3. The van der Waals surface area contributed by atoms with Crippen LogP contribution < -0.4 is 25.4 Å². The molecule has 9 heteroatoms. The van der Waals surface area contributed by atoms with Crippen molar-refractivity contribution in [2.45, 2.75) is 6.17 Å². The van der Waals surface area contributed by atoms with Gasteiger partial charge < -0.3 is 9.47 Å². The highest BCUT2D eigenvalue weighted by Gasteiger charge is 2.34. The number of amides is 1. The van der Waals surface area contributed by atoms with Gasteiger partial charge in [0.2, 0.25) is 6.79 Å². The molecule has 1 N–H and O–H groups in total. The molecule has 0 saturated carbocycles. The fourth-order valence-corrected chi connectivity index (χ4v) is 3.96. The summed E-state index contributed by atoms with van der Waals surface area (Å²) in [6.45, 7) is 0.204. The topological polar surface area (TPSA) is 75.5 Å². The van der Waals surface area contributed by atoms with Gasteiger partial charge in [0.25, 0.3) is 5.91 Å². The molecule has 0 spiro atoms. The molecular weight excluding hydrogens is 432 g/mol. The van der Waals surface area contributed by atoms with E-state index in [0.29, 0.717) is 22.4 Å². The monoisotopic (exact) mass is 444 g/mol. The van der Waals surface area contributed by atoms with Crippen molar-refractivity contribution in [3.8, 4) is 11.5 Å². The fourth-order valence-electron chi connectivity index (χ4n) is 3.23. The lowest BCUT2D eigenvalue weighted by molar-refractivity contribution is -0.116. The van der Waals surface area contributed by atoms with Crippen LogP contribution in [-0.2, 0) is 4.79 Å². The summed E-state index contributed by atoms with van der Waals surface area (Å²) in [6.07, 6.45) is 1.39. The number of carbonyl (C=O) groups is 1. The van der Waals surface area contributed by atoms with Crippen LogP contribution in [0.15, 0.2) is 51.0 Å². The number of carbonyl (C=O) groups excluding carboxylic acids is 1. The number of benzene rings is 2. The van der Waals surface area contributed by atoms with Crippen molar-refractivity contribution >= 4 is 44.5 Å². The second-order valence-electron chi connectivity index (χ2n) is 6.03. The van der Waals surface area contributed by atoms with E-state index in [1.54, 1.807) is 5.01 Å². The molecule has 0 saturated heterocycles. The molecule has 7 nitrogen and oxygen atoms in total. The first kappa shape index (κ1) is 16.6. The number of thioether (sulfide) groups is 1. The Balaban J connectivity index is 1.75. The van der Waals surface area contributed by atoms with Gasteiger partial charge in [0.15, 0.2) is 22.8 Å². The van der Waals surface area contributed by atoms with Gasteiger partial charge >= 0.3 is 0 Å². The molecule has 0 fully saturated rings. The van der Waals surface area contributed by atoms with Gasteiger partial charge in [-0.15, -0.1) is 5.10 Å². The Bertz CT molecular complexity index is 1130. The van der Waals surface area contributed by atoms with Crippen LogP contribution in [0.4, 0.5) is 0 Å². The number of nitrogens with one attached hydrogen (secondary N) is 1. The van der Waals surface area contributed by atoms with Crippen LogP contribution >= 0.6 is 27.7 Å². The Hall–Kier alpha value is -2.52. The second-order valence-corrected chi connectivity index (χ2v) is 7.74. The smallest absolute Gasteiger partial charge is 0.276 e. The Morgan fingerprint density at radius 3 is 2.93 bits per heavy atom. The molecule has 1 amide bonds. The maximum Gasteiger partial charge on any atom is 0.276 e. The Kier molecular flexibility index (Phi) is 3.87. The molecule has 5 rings (SSSR count). The Morgan fingerprint density at radius 2 is 2.07 bits per heavy atom. The van der Waals surface area contributed by atoms with Gasteiger partial charge in [-0.3, -0.25) is 15.1 Å². The number of amidine groups is 1. The predicted molar refractivity (Wildman–Crippen MR) is 105 cm³/mol. The molecule has 3 aliphatic heterocycles. The lowest BCUT2D eigenvalue weighted by atomic mass is 10.1. The average Bonchev–Trinajstić information content (AvgIpc) is 3.14. The summed E-state index contributed by atoms with van der Waals surface area (Å²) in [5.74, 6) is 1.17. The molecule has 0 aromatic heterocycles. The minimum Gasteiger partial charge on any atom is -0.454 e. The second kappa shape index (κ2) is 6.28. The van der Waals surface area contributed by atoms with E-state index < -0.39 is 6.17 Å². The summed E-state index contributed by atoms with van der Waals surface area (Å²) >= 11 is 4.85. The lowest BCUT2D eigenvalue weighted by Gasteiger charge is -2.34. The van der Waals surface area contributed by atoms with Crippen molar-refractivity contribution in [2.75, 3.05) is 13.0 Å². The van der Waals surface area contributed by atoms with Crippen molar-refractivity contribution in [1.29, 1.82) is 0 Å². The summed E-state index contributed by atoms with van der Waals surface area (Å²) in [7, 11) is 0. The first-order valence-corrected chi connectivity index (χ1v) is 10.2. The maximum absolute atomic E-state index is 12.9. The summed E-state index contributed by atoms with van der Waals surface area (Å²) in [5, 5.41) is 11.1. The average molecular weight is 445 g/mol. The van der Waals surface area contributed by atoms with Crippen molar-refractivity contribution in [1.82, 2.24) is 10.3 Å². The van der Waals surface area contributed by atoms with E-state index in [2.05, 4.69) is 26.3 Å². The minimum atomic E-state index is -0.476. The number of hydrazone groups is 1. The van der Waals surface area contributed by atoms with Gasteiger partial charge in [0.05, 0.1) is 5.36 Å². The zero-order chi connectivity index (χ0) is 18.5. The number of nitrogens with zero attached hydrogens (tertiary/aromatic N) is 3. The van der Waals surface area contributed by atoms with E-state index in [1.165, 1.54) is 11.8 Å². The van der Waals surface area contributed by atoms with Crippen LogP contribution in [0.3, 0.4) is 0 Å². The first-order valence-electron chi connectivity index (χ1n) is 8.14. The van der Waals surface area contributed by atoms with E-state index in [1.807, 2.05) is 42.7 Å². The molecule has 2 aromatic carbocycles. The number of hydrogen-bond donors (Lipinski definition) is 1. The molecule has 2 aromatic rings. The van der Waals surface area contributed by atoms with Gasteiger partial charge in [0.1, 0.15) is 5.70 Å². The number of halogens is 1. The zero-order valence-electron chi connectivity index (χ0n) is 14.1. The van der Waals surface area contributed by atoms with Crippen LogP contribution in [0.5, 0.6) is 11.5 Å². The van der Waals surface area contributed by atoms with E-state index in [-0.39, 0.29) is 12.7 Å². The van der Waals surface area contributed by atoms with Crippen LogP contribution in [0.2, 0.25) is 0 Å². The summed E-state index contributed by atoms with van der Waals surface area (Å²) < 4.78 is 11.8.